The average Bonchev–Trinajstić information content (AvgIpc) is 2.39. The minimum Gasteiger partial charge on any atom is -0.481 e. The molecular weight excluding hydrogens is 234 g/mol. The number of carbonyl (C=O) groups is 2. The lowest BCUT2D eigenvalue weighted by atomic mass is 9.90. The van der Waals surface area contributed by atoms with Gasteiger partial charge in [0, 0.05) is 12.6 Å². The number of carboxylic acid groups (broad SMARTS) is 2. The van der Waals surface area contributed by atoms with Crippen LogP contribution in [0, 0.1) is 5.92 Å². The largest absolute Gasteiger partial charge is 0.481 e. The SMILES string of the molecule is O=C(O)c1cccc(C2CCC(C(=O)O)CN2)c1. The third-order valence-electron chi connectivity index (χ3n) is 3.30. The summed E-state index contributed by atoms with van der Waals surface area (Å²) in [7, 11) is 0. The van der Waals surface area contributed by atoms with Gasteiger partial charge < -0.3 is 15.5 Å². The van der Waals surface area contributed by atoms with Crippen LogP contribution < -0.4 is 5.32 Å². The zero-order chi connectivity index (χ0) is 13.1. The summed E-state index contributed by atoms with van der Waals surface area (Å²) >= 11 is 0. The fraction of sp³-hybridized carbons (Fsp3) is 0.385. The van der Waals surface area contributed by atoms with E-state index in [0.29, 0.717) is 19.4 Å². The topological polar surface area (TPSA) is 86.6 Å². The lowest BCUT2D eigenvalue weighted by molar-refractivity contribution is -0.142. The van der Waals surface area contributed by atoms with E-state index in [1.165, 1.54) is 0 Å². The summed E-state index contributed by atoms with van der Waals surface area (Å²) in [4.78, 5) is 21.7. The Kier molecular flexibility index (Phi) is 3.62. The Morgan fingerprint density at radius 1 is 1.22 bits per heavy atom. The minimum atomic E-state index is -0.948. The van der Waals surface area contributed by atoms with Crippen LogP contribution in [0.4, 0.5) is 0 Å². The number of benzene rings is 1. The van der Waals surface area contributed by atoms with Crippen molar-refractivity contribution in [2.75, 3.05) is 6.54 Å². The zero-order valence-electron chi connectivity index (χ0n) is 9.80. The van der Waals surface area contributed by atoms with Gasteiger partial charge in [0.15, 0.2) is 0 Å². The molecule has 0 bridgehead atoms. The molecule has 5 heteroatoms. The number of piperidine rings is 1. The van der Waals surface area contributed by atoms with Crippen molar-refractivity contribution in [3.8, 4) is 0 Å². The summed E-state index contributed by atoms with van der Waals surface area (Å²) < 4.78 is 0. The van der Waals surface area contributed by atoms with E-state index in [-0.39, 0.29) is 17.5 Å². The maximum Gasteiger partial charge on any atom is 0.335 e. The standard InChI is InChI=1S/C13H15NO4/c15-12(16)9-3-1-2-8(6-9)11-5-4-10(7-14-11)13(17)18/h1-3,6,10-11,14H,4-5,7H2,(H,15,16)(H,17,18). The van der Waals surface area contributed by atoms with Gasteiger partial charge in [0.25, 0.3) is 0 Å². The molecule has 96 valence electrons. The number of rotatable bonds is 3. The smallest absolute Gasteiger partial charge is 0.335 e. The number of nitrogens with one attached hydrogen (secondary N) is 1. The van der Waals surface area contributed by atoms with Crippen LogP contribution in [-0.2, 0) is 4.79 Å². The molecule has 1 aromatic rings. The Balaban J connectivity index is 2.07. The molecule has 1 aromatic carbocycles. The predicted octanol–water partition coefficient (Wildman–Crippen LogP) is 1.51. The van der Waals surface area contributed by atoms with E-state index in [1.54, 1.807) is 18.2 Å². The first-order valence-corrected chi connectivity index (χ1v) is 5.87. The second-order valence-corrected chi connectivity index (χ2v) is 4.50. The Bertz CT molecular complexity index is 464. The van der Waals surface area contributed by atoms with Crippen LogP contribution in [0.15, 0.2) is 24.3 Å². The third-order valence-corrected chi connectivity index (χ3v) is 3.30. The van der Waals surface area contributed by atoms with Gasteiger partial charge in [0.1, 0.15) is 0 Å². The summed E-state index contributed by atoms with van der Waals surface area (Å²) in [6, 6.07) is 6.81. The Labute approximate surface area is 104 Å². The first-order chi connectivity index (χ1) is 8.58. The Morgan fingerprint density at radius 2 is 2.00 bits per heavy atom. The Morgan fingerprint density at radius 3 is 2.56 bits per heavy atom. The van der Waals surface area contributed by atoms with Crippen LogP contribution >= 0.6 is 0 Å². The molecule has 1 aliphatic rings. The lowest BCUT2D eigenvalue weighted by Crippen LogP contribution is -2.36. The maximum absolute atomic E-state index is 10.9. The molecule has 1 heterocycles. The summed E-state index contributed by atoms with van der Waals surface area (Å²) in [5.41, 5.74) is 1.16. The van der Waals surface area contributed by atoms with E-state index in [1.807, 2.05) is 6.07 Å². The summed E-state index contributed by atoms with van der Waals surface area (Å²) in [6.45, 7) is 0.428. The molecule has 0 aromatic heterocycles. The quantitative estimate of drug-likeness (QED) is 0.756. The van der Waals surface area contributed by atoms with Gasteiger partial charge in [-0.3, -0.25) is 4.79 Å². The van der Waals surface area contributed by atoms with Crippen LogP contribution in [0.2, 0.25) is 0 Å². The maximum atomic E-state index is 10.9. The van der Waals surface area contributed by atoms with Crippen LogP contribution in [0.1, 0.15) is 34.8 Å². The van der Waals surface area contributed by atoms with E-state index in [0.717, 1.165) is 5.56 Å². The van der Waals surface area contributed by atoms with E-state index in [4.69, 9.17) is 10.2 Å². The summed E-state index contributed by atoms with van der Waals surface area (Å²) in [5.74, 6) is -2.07. The lowest BCUT2D eigenvalue weighted by Gasteiger charge is -2.28. The molecular formula is C13H15NO4. The van der Waals surface area contributed by atoms with Crippen LogP contribution in [0.25, 0.3) is 0 Å². The monoisotopic (exact) mass is 249 g/mol. The Hall–Kier alpha value is -1.88. The van der Waals surface area contributed by atoms with Gasteiger partial charge in [-0.25, -0.2) is 4.79 Å². The van der Waals surface area contributed by atoms with E-state index < -0.39 is 11.9 Å². The van der Waals surface area contributed by atoms with Crippen molar-refractivity contribution in [2.45, 2.75) is 18.9 Å². The number of aromatic carboxylic acids is 1. The highest BCUT2D eigenvalue weighted by atomic mass is 16.4. The molecule has 0 spiro atoms. The molecule has 5 nitrogen and oxygen atoms in total. The van der Waals surface area contributed by atoms with Crippen molar-refractivity contribution in [3.63, 3.8) is 0 Å². The number of hydrogen-bond donors (Lipinski definition) is 3. The van der Waals surface area contributed by atoms with Gasteiger partial charge in [0.05, 0.1) is 11.5 Å². The summed E-state index contributed by atoms with van der Waals surface area (Å²) in [6.07, 6.45) is 1.32. The van der Waals surface area contributed by atoms with Gasteiger partial charge in [-0.1, -0.05) is 12.1 Å². The number of carboxylic acids is 2. The van der Waals surface area contributed by atoms with Crippen molar-refractivity contribution in [1.82, 2.24) is 5.32 Å². The van der Waals surface area contributed by atoms with Crippen molar-refractivity contribution in [1.29, 1.82) is 0 Å². The van der Waals surface area contributed by atoms with Crippen LogP contribution in [0.5, 0.6) is 0 Å². The average molecular weight is 249 g/mol. The molecule has 0 amide bonds. The zero-order valence-corrected chi connectivity index (χ0v) is 9.80. The third kappa shape index (κ3) is 2.68. The molecule has 1 saturated heterocycles. The van der Waals surface area contributed by atoms with E-state index >= 15 is 0 Å². The predicted molar refractivity (Wildman–Crippen MR) is 64.5 cm³/mol. The highest BCUT2D eigenvalue weighted by molar-refractivity contribution is 5.87. The molecule has 0 aliphatic carbocycles. The summed E-state index contributed by atoms with van der Waals surface area (Å²) in [5, 5.41) is 21.0. The molecule has 18 heavy (non-hydrogen) atoms. The van der Waals surface area contributed by atoms with Gasteiger partial charge in [-0.15, -0.1) is 0 Å². The van der Waals surface area contributed by atoms with Gasteiger partial charge in [-0.2, -0.15) is 0 Å². The molecule has 3 N–H and O–H groups in total. The number of hydrogen-bond acceptors (Lipinski definition) is 3. The molecule has 1 aliphatic heterocycles. The normalized spacial score (nSPS) is 23.6. The van der Waals surface area contributed by atoms with Gasteiger partial charge >= 0.3 is 11.9 Å². The first-order valence-electron chi connectivity index (χ1n) is 5.87. The van der Waals surface area contributed by atoms with Crippen LogP contribution in [0.3, 0.4) is 0 Å². The highest BCUT2D eigenvalue weighted by Gasteiger charge is 2.26. The van der Waals surface area contributed by atoms with Crippen molar-refractivity contribution in [3.05, 3.63) is 35.4 Å². The minimum absolute atomic E-state index is 0.0416. The van der Waals surface area contributed by atoms with Crippen molar-refractivity contribution in [2.24, 2.45) is 5.92 Å². The molecule has 2 rings (SSSR count). The molecule has 2 unspecified atom stereocenters. The fourth-order valence-electron chi connectivity index (χ4n) is 2.24. The van der Waals surface area contributed by atoms with Crippen molar-refractivity contribution >= 4 is 11.9 Å². The number of aliphatic carboxylic acids is 1. The van der Waals surface area contributed by atoms with Crippen molar-refractivity contribution < 1.29 is 19.8 Å². The highest BCUT2D eigenvalue weighted by Crippen LogP contribution is 2.26. The second kappa shape index (κ2) is 5.18. The molecule has 2 atom stereocenters. The van der Waals surface area contributed by atoms with Crippen LogP contribution in [-0.4, -0.2) is 28.7 Å². The molecule has 1 fully saturated rings. The fourth-order valence-corrected chi connectivity index (χ4v) is 2.24. The first kappa shape index (κ1) is 12.6. The van der Waals surface area contributed by atoms with Gasteiger partial charge in [0.2, 0.25) is 0 Å². The molecule has 0 radical (unpaired) electrons. The van der Waals surface area contributed by atoms with E-state index in [9.17, 15) is 9.59 Å². The van der Waals surface area contributed by atoms with Gasteiger partial charge in [-0.05, 0) is 30.5 Å². The van der Waals surface area contributed by atoms with E-state index in [2.05, 4.69) is 5.32 Å². The second-order valence-electron chi connectivity index (χ2n) is 4.50. The molecule has 0 saturated carbocycles.